The molecule has 2 atom stereocenters. The largest absolute Gasteiger partial charge is 0.389 e. The third-order valence-electron chi connectivity index (χ3n) is 3.63. The predicted molar refractivity (Wildman–Crippen MR) is 78.6 cm³/mol. The van der Waals surface area contributed by atoms with Crippen molar-refractivity contribution in [3.8, 4) is 0 Å². The van der Waals surface area contributed by atoms with Crippen LogP contribution in [0.4, 0.5) is 0 Å². The van der Waals surface area contributed by atoms with Crippen molar-refractivity contribution >= 4 is 0 Å². The molecule has 0 unspecified atom stereocenters. The Morgan fingerprint density at radius 2 is 1.84 bits per heavy atom. The average Bonchev–Trinajstić information content (AvgIpc) is 2.42. The maximum Gasteiger partial charge on any atom is 0.131 e. The molecular formula is C15H28N2O2. The highest BCUT2D eigenvalue weighted by Crippen LogP contribution is 2.24. The maximum atomic E-state index is 9.88. The van der Waals surface area contributed by atoms with Crippen LogP contribution in [-0.2, 0) is 0 Å². The molecule has 0 aliphatic heterocycles. The summed E-state index contributed by atoms with van der Waals surface area (Å²) in [5.74, 6) is 0. The first-order valence-corrected chi connectivity index (χ1v) is 7.35. The Hall–Kier alpha value is -0.840. The van der Waals surface area contributed by atoms with Gasteiger partial charge >= 0.3 is 0 Å². The van der Waals surface area contributed by atoms with E-state index in [0.717, 1.165) is 25.9 Å². The molecule has 0 saturated heterocycles. The lowest BCUT2D eigenvalue weighted by Gasteiger charge is -2.27. The molecule has 0 aromatic carbocycles. The number of hydrogen-bond donors (Lipinski definition) is 3. The van der Waals surface area contributed by atoms with Gasteiger partial charge in [-0.25, -0.2) is 0 Å². The van der Waals surface area contributed by atoms with Gasteiger partial charge in [-0.15, -0.1) is 0 Å². The van der Waals surface area contributed by atoms with Crippen LogP contribution in [0.3, 0.4) is 0 Å². The highest BCUT2D eigenvalue weighted by atomic mass is 16.3. The summed E-state index contributed by atoms with van der Waals surface area (Å²) in [5.41, 5.74) is 2.58. The molecule has 0 radical (unpaired) electrons. The SMILES string of the molecule is CCN[C@H](O)[C@@H](O)CC1=CC=C(N(CC)CC)CC1. The van der Waals surface area contributed by atoms with Crippen LogP contribution < -0.4 is 5.32 Å². The van der Waals surface area contributed by atoms with Crippen molar-refractivity contribution in [2.45, 2.75) is 52.4 Å². The van der Waals surface area contributed by atoms with E-state index in [1.165, 1.54) is 11.3 Å². The van der Waals surface area contributed by atoms with E-state index in [1.54, 1.807) is 0 Å². The zero-order valence-corrected chi connectivity index (χ0v) is 12.4. The van der Waals surface area contributed by atoms with E-state index in [4.69, 9.17) is 0 Å². The fraction of sp³-hybridized carbons (Fsp3) is 0.733. The summed E-state index contributed by atoms with van der Waals surface area (Å²) in [7, 11) is 0. The number of aliphatic hydroxyl groups is 2. The molecule has 110 valence electrons. The lowest BCUT2D eigenvalue weighted by molar-refractivity contribution is -0.000250. The Morgan fingerprint density at radius 3 is 2.32 bits per heavy atom. The lowest BCUT2D eigenvalue weighted by Crippen LogP contribution is -2.39. The zero-order chi connectivity index (χ0) is 14.3. The molecule has 3 N–H and O–H groups in total. The third-order valence-corrected chi connectivity index (χ3v) is 3.63. The maximum absolute atomic E-state index is 9.88. The molecule has 19 heavy (non-hydrogen) atoms. The van der Waals surface area contributed by atoms with E-state index < -0.39 is 12.3 Å². The molecule has 1 aliphatic rings. The van der Waals surface area contributed by atoms with Crippen LogP contribution in [0.25, 0.3) is 0 Å². The van der Waals surface area contributed by atoms with Gasteiger partial charge in [-0.2, -0.15) is 0 Å². The summed E-state index contributed by atoms with van der Waals surface area (Å²) in [4.78, 5) is 2.36. The van der Waals surface area contributed by atoms with E-state index in [2.05, 4.69) is 36.2 Å². The van der Waals surface area contributed by atoms with Gasteiger partial charge in [0.25, 0.3) is 0 Å². The van der Waals surface area contributed by atoms with Crippen LogP contribution in [-0.4, -0.2) is 47.1 Å². The van der Waals surface area contributed by atoms with Crippen LogP contribution in [0, 0.1) is 0 Å². The average molecular weight is 268 g/mol. The van der Waals surface area contributed by atoms with Crippen molar-refractivity contribution in [1.82, 2.24) is 10.2 Å². The standard InChI is InChI=1S/C15H28N2O2/c1-4-16-15(19)14(18)11-12-7-9-13(10-8-12)17(5-2)6-3/h7,9,14-16,18-19H,4-6,8,10-11H2,1-3H3/t14-,15+/m0/s1. The quantitative estimate of drug-likeness (QED) is 0.585. The molecule has 4 heteroatoms. The molecule has 0 bridgehead atoms. The van der Waals surface area contributed by atoms with Gasteiger partial charge in [0, 0.05) is 18.8 Å². The Kier molecular flexibility index (Phi) is 7.13. The van der Waals surface area contributed by atoms with Crippen LogP contribution in [0.15, 0.2) is 23.4 Å². The molecule has 1 rings (SSSR count). The molecule has 1 aliphatic carbocycles. The van der Waals surface area contributed by atoms with Crippen molar-refractivity contribution in [1.29, 1.82) is 0 Å². The summed E-state index contributed by atoms with van der Waals surface area (Å²) in [6, 6.07) is 0. The second-order valence-corrected chi connectivity index (χ2v) is 4.93. The highest BCUT2D eigenvalue weighted by Gasteiger charge is 2.18. The molecule has 0 fully saturated rings. The van der Waals surface area contributed by atoms with Gasteiger partial charge in [0.2, 0.25) is 0 Å². The predicted octanol–water partition coefficient (Wildman–Crippen LogP) is 1.61. The Labute approximate surface area is 116 Å². The van der Waals surface area contributed by atoms with Crippen molar-refractivity contribution in [2.24, 2.45) is 0 Å². The van der Waals surface area contributed by atoms with Crippen molar-refractivity contribution in [2.75, 3.05) is 19.6 Å². The van der Waals surface area contributed by atoms with E-state index >= 15 is 0 Å². The molecule has 0 aromatic rings. The number of rotatable bonds is 8. The van der Waals surface area contributed by atoms with E-state index in [0.29, 0.717) is 13.0 Å². The first kappa shape index (κ1) is 16.2. The van der Waals surface area contributed by atoms with Crippen LogP contribution in [0.5, 0.6) is 0 Å². The summed E-state index contributed by atoms with van der Waals surface area (Å²) >= 11 is 0. The fourth-order valence-electron chi connectivity index (χ4n) is 2.46. The van der Waals surface area contributed by atoms with Crippen molar-refractivity contribution in [3.05, 3.63) is 23.4 Å². The summed E-state index contributed by atoms with van der Waals surface area (Å²) in [6.07, 6.45) is 5.22. The number of likely N-dealkylation sites (N-methyl/N-ethyl adjacent to an activating group) is 1. The molecule has 4 nitrogen and oxygen atoms in total. The Morgan fingerprint density at radius 1 is 1.16 bits per heavy atom. The van der Waals surface area contributed by atoms with Crippen LogP contribution in [0.1, 0.15) is 40.0 Å². The lowest BCUT2D eigenvalue weighted by atomic mass is 9.96. The number of nitrogens with zero attached hydrogens (tertiary/aromatic N) is 1. The normalized spacial score (nSPS) is 18.6. The highest BCUT2D eigenvalue weighted by molar-refractivity contribution is 5.24. The second kappa shape index (κ2) is 8.35. The summed E-state index contributed by atoms with van der Waals surface area (Å²) in [6.45, 7) is 8.97. The minimum absolute atomic E-state index is 0.538. The minimum Gasteiger partial charge on any atom is -0.389 e. The first-order valence-electron chi connectivity index (χ1n) is 7.35. The van der Waals surface area contributed by atoms with Gasteiger partial charge in [0.15, 0.2) is 0 Å². The van der Waals surface area contributed by atoms with Gasteiger partial charge in [-0.05, 0) is 45.7 Å². The molecule has 0 aromatic heterocycles. The van der Waals surface area contributed by atoms with Gasteiger partial charge in [0.1, 0.15) is 6.23 Å². The van der Waals surface area contributed by atoms with Gasteiger partial charge in [0.05, 0.1) is 6.10 Å². The van der Waals surface area contributed by atoms with E-state index in [-0.39, 0.29) is 0 Å². The van der Waals surface area contributed by atoms with Crippen molar-refractivity contribution in [3.63, 3.8) is 0 Å². The Bertz CT molecular complexity index is 322. The second-order valence-electron chi connectivity index (χ2n) is 4.93. The van der Waals surface area contributed by atoms with Crippen LogP contribution in [0.2, 0.25) is 0 Å². The van der Waals surface area contributed by atoms with Gasteiger partial charge in [-0.3, -0.25) is 5.32 Å². The fourth-order valence-corrected chi connectivity index (χ4v) is 2.46. The molecule has 0 spiro atoms. The molecule has 0 heterocycles. The third kappa shape index (κ3) is 4.97. The first-order chi connectivity index (χ1) is 9.12. The topological polar surface area (TPSA) is 55.7 Å². The minimum atomic E-state index is -0.834. The van der Waals surface area contributed by atoms with Gasteiger partial charge in [-0.1, -0.05) is 18.6 Å². The monoisotopic (exact) mass is 268 g/mol. The number of allylic oxidation sites excluding steroid dienone is 3. The van der Waals surface area contributed by atoms with Gasteiger partial charge < -0.3 is 15.1 Å². The molecule has 0 amide bonds. The van der Waals surface area contributed by atoms with E-state index in [1.807, 2.05) is 6.92 Å². The number of hydrogen-bond acceptors (Lipinski definition) is 4. The Balaban J connectivity index is 2.54. The number of nitrogens with one attached hydrogen (secondary N) is 1. The summed E-state index contributed by atoms with van der Waals surface area (Å²) in [5, 5.41) is 22.4. The van der Waals surface area contributed by atoms with Crippen LogP contribution >= 0.6 is 0 Å². The van der Waals surface area contributed by atoms with Crippen molar-refractivity contribution < 1.29 is 10.2 Å². The number of aliphatic hydroxyl groups excluding tert-OH is 2. The summed E-state index contributed by atoms with van der Waals surface area (Å²) < 4.78 is 0. The molecular weight excluding hydrogens is 240 g/mol. The smallest absolute Gasteiger partial charge is 0.131 e. The molecule has 0 saturated carbocycles. The zero-order valence-electron chi connectivity index (χ0n) is 12.4. The van der Waals surface area contributed by atoms with E-state index in [9.17, 15) is 10.2 Å².